The number of hydrogen-bond acceptors (Lipinski definition) is 1. The molecule has 0 unspecified atom stereocenters. The Labute approximate surface area is 57.8 Å². The van der Waals surface area contributed by atoms with Gasteiger partial charge in [-0.2, -0.15) is 0 Å². The first-order chi connectivity index (χ1) is 3.25. The van der Waals surface area contributed by atoms with E-state index in [2.05, 4.69) is 47.7 Å². The van der Waals surface area contributed by atoms with Crippen molar-refractivity contribution in [2.45, 2.75) is 26.3 Å². The number of nitrogens with zero attached hydrogens (tertiary/aromatic N) is 1. The van der Waals surface area contributed by atoms with E-state index in [1.807, 2.05) is 0 Å². The Balaban J connectivity index is 4.02. The molecule has 1 nitrogen and oxygen atoms in total. The lowest BCUT2D eigenvalue weighted by molar-refractivity contribution is -0.801. The predicted octanol–water partition coefficient (Wildman–Crippen LogP) is 1.71. The van der Waals surface area contributed by atoms with Gasteiger partial charge in [0.15, 0.2) is 0 Å². The van der Waals surface area contributed by atoms with Crippen LogP contribution in [0.15, 0.2) is 0 Å². The molecular formula is C6H16NS+. The van der Waals surface area contributed by atoms with Crippen LogP contribution in [0.5, 0.6) is 0 Å². The zero-order chi connectivity index (χ0) is 7.00. The Morgan fingerprint density at radius 2 is 1.25 bits per heavy atom. The van der Waals surface area contributed by atoms with Crippen LogP contribution < -0.4 is 0 Å². The first-order valence-corrected chi connectivity index (χ1v) is 3.22. The van der Waals surface area contributed by atoms with E-state index >= 15 is 0 Å². The summed E-state index contributed by atoms with van der Waals surface area (Å²) in [5, 5.41) is 0. The lowest BCUT2D eigenvalue weighted by atomic mass is 10.1. The lowest BCUT2D eigenvalue weighted by Gasteiger charge is -2.35. The molecule has 0 N–H and O–H groups in total. The number of quaternary nitrogens is 1. The Morgan fingerprint density at radius 1 is 1.12 bits per heavy atom. The van der Waals surface area contributed by atoms with Crippen molar-refractivity contribution in [1.29, 1.82) is 0 Å². The van der Waals surface area contributed by atoms with Gasteiger partial charge in [0.2, 0.25) is 0 Å². The summed E-state index contributed by atoms with van der Waals surface area (Å²) in [6.45, 7) is 6.50. The maximum Gasteiger partial charge on any atom is 0.101 e. The lowest BCUT2D eigenvalue weighted by Crippen LogP contribution is -2.46. The molecule has 8 heavy (non-hydrogen) atoms. The minimum absolute atomic E-state index is 0.239. The standard InChI is InChI=1S/C6H16NS/c1-6(2,3)7(4,5)8/h8H,1-5H3/q+1. The molecule has 0 fully saturated rings. The van der Waals surface area contributed by atoms with Gasteiger partial charge >= 0.3 is 0 Å². The zero-order valence-electron chi connectivity index (χ0n) is 6.39. The fourth-order valence-corrected chi connectivity index (χ4v) is 0. The van der Waals surface area contributed by atoms with Crippen LogP contribution in [-0.4, -0.2) is 23.5 Å². The third-order valence-electron chi connectivity index (χ3n) is 1.64. The molecule has 2 heteroatoms. The SMILES string of the molecule is CC(C)(C)[N+](C)(C)S. The summed E-state index contributed by atoms with van der Waals surface area (Å²) in [6.07, 6.45) is 0. The summed E-state index contributed by atoms with van der Waals surface area (Å²) in [4.78, 5) is 0. The molecule has 0 rings (SSSR count). The monoisotopic (exact) mass is 134 g/mol. The highest BCUT2D eigenvalue weighted by Gasteiger charge is 2.27. The van der Waals surface area contributed by atoms with Gasteiger partial charge in [0, 0.05) is 0 Å². The van der Waals surface area contributed by atoms with E-state index < -0.39 is 0 Å². The Kier molecular flexibility index (Phi) is 2.00. The average molecular weight is 134 g/mol. The van der Waals surface area contributed by atoms with E-state index in [9.17, 15) is 0 Å². The van der Waals surface area contributed by atoms with Gasteiger partial charge < -0.3 is 0 Å². The van der Waals surface area contributed by atoms with Crippen molar-refractivity contribution in [2.24, 2.45) is 0 Å². The van der Waals surface area contributed by atoms with E-state index in [4.69, 9.17) is 0 Å². The van der Waals surface area contributed by atoms with Crippen molar-refractivity contribution in [3.8, 4) is 0 Å². The number of rotatable bonds is 0. The highest BCUT2D eigenvalue weighted by atomic mass is 32.1. The van der Waals surface area contributed by atoms with Crippen molar-refractivity contribution in [1.82, 2.24) is 0 Å². The molecule has 50 valence electrons. The van der Waals surface area contributed by atoms with E-state index in [0.717, 1.165) is 0 Å². The maximum atomic E-state index is 4.37. The van der Waals surface area contributed by atoms with Crippen LogP contribution >= 0.6 is 12.8 Å². The molecule has 0 aromatic carbocycles. The highest BCUT2D eigenvalue weighted by Crippen LogP contribution is 2.20. The van der Waals surface area contributed by atoms with Crippen LogP contribution in [0.2, 0.25) is 0 Å². The first kappa shape index (κ1) is 8.31. The summed E-state index contributed by atoms with van der Waals surface area (Å²) in [5.74, 6) is 0. The Bertz CT molecular complexity index is 63.5. The van der Waals surface area contributed by atoms with Gasteiger partial charge in [0.25, 0.3) is 0 Å². The number of thiol groups is 1. The van der Waals surface area contributed by atoms with Gasteiger partial charge in [-0.3, -0.25) is 3.89 Å². The molecule has 0 atom stereocenters. The summed E-state index contributed by atoms with van der Waals surface area (Å²) >= 11 is 4.37. The fraction of sp³-hybridized carbons (Fsp3) is 1.00. The molecule has 0 aliphatic rings. The molecular weight excluding hydrogens is 118 g/mol. The van der Waals surface area contributed by atoms with Crippen molar-refractivity contribution in [3.63, 3.8) is 0 Å². The third kappa shape index (κ3) is 2.05. The van der Waals surface area contributed by atoms with Crippen molar-refractivity contribution >= 4 is 12.8 Å². The normalized spacial score (nSPS) is 14.2. The molecule has 0 aliphatic carbocycles. The molecule has 0 spiro atoms. The Hall–Kier alpha value is 0.310. The molecule has 0 amide bonds. The summed E-state index contributed by atoms with van der Waals surface area (Å²) in [7, 11) is 4.15. The second-order valence-corrected chi connectivity index (χ2v) is 4.57. The molecule has 0 aliphatic heterocycles. The van der Waals surface area contributed by atoms with Crippen LogP contribution in [0.4, 0.5) is 0 Å². The van der Waals surface area contributed by atoms with E-state index in [-0.39, 0.29) is 5.54 Å². The minimum atomic E-state index is 0.239. The molecule has 0 saturated carbocycles. The topological polar surface area (TPSA) is 0 Å². The molecule has 0 heterocycles. The van der Waals surface area contributed by atoms with Crippen LogP contribution in [-0.2, 0) is 0 Å². The highest BCUT2D eigenvalue weighted by molar-refractivity contribution is 7.74. The van der Waals surface area contributed by atoms with Crippen LogP contribution in [0.25, 0.3) is 0 Å². The van der Waals surface area contributed by atoms with Crippen molar-refractivity contribution < 1.29 is 3.89 Å². The fourth-order valence-electron chi connectivity index (χ4n) is 0. The van der Waals surface area contributed by atoms with E-state index in [0.29, 0.717) is 3.89 Å². The Morgan fingerprint density at radius 3 is 1.25 bits per heavy atom. The quantitative estimate of drug-likeness (QED) is 0.378. The largest absolute Gasteiger partial charge is 0.265 e. The summed E-state index contributed by atoms with van der Waals surface area (Å²) < 4.78 is 0.715. The average Bonchev–Trinajstić information content (AvgIpc) is 1.25. The summed E-state index contributed by atoms with van der Waals surface area (Å²) in [5.41, 5.74) is 0.239. The van der Waals surface area contributed by atoms with E-state index in [1.165, 1.54) is 0 Å². The molecule has 0 aromatic heterocycles. The zero-order valence-corrected chi connectivity index (χ0v) is 7.29. The second kappa shape index (κ2) is 1.92. The maximum absolute atomic E-state index is 4.37. The predicted molar refractivity (Wildman–Crippen MR) is 40.8 cm³/mol. The smallest absolute Gasteiger partial charge is 0.101 e. The van der Waals surface area contributed by atoms with Gasteiger partial charge in [0.05, 0.1) is 26.9 Å². The third-order valence-corrected chi connectivity index (χ3v) is 2.24. The van der Waals surface area contributed by atoms with Crippen LogP contribution in [0.1, 0.15) is 20.8 Å². The first-order valence-electron chi connectivity index (χ1n) is 2.82. The van der Waals surface area contributed by atoms with Gasteiger partial charge in [-0.15, -0.1) is 0 Å². The van der Waals surface area contributed by atoms with Gasteiger partial charge in [-0.05, 0) is 20.8 Å². The van der Waals surface area contributed by atoms with Crippen LogP contribution in [0.3, 0.4) is 0 Å². The summed E-state index contributed by atoms with van der Waals surface area (Å²) in [6, 6.07) is 0. The molecule has 0 bridgehead atoms. The van der Waals surface area contributed by atoms with Crippen molar-refractivity contribution in [3.05, 3.63) is 0 Å². The molecule has 0 radical (unpaired) electrons. The van der Waals surface area contributed by atoms with Gasteiger partial charge in [-0.1, -0.05) is 0 Å². The van der Waals surface area contributed by atoms with E-state index in [1.54, 1.807) is 0 Å². The van der Waals surface area contributed by atoms with Gasteiger partial charge in [0.1, 0.15) is 5.54 Å². The van der Waals surface area contributed by atoms with Gasteiger partial charge in [-0.25, -0.2) is 0 Å². The second-order valence-electron chi connectivity index (χ2n) is 3.57. The number of hydrogen-bond donors (Lipinski definition) is 1. The minimum Gasteiger partial charge on any atom is -0.265 e. The van der Waals surface area contributed by atoms with Crippen molar-refractivity contribution in [2.75, 3.05) is 14.1 Å². The van der Waals surface area contributed by atoms with Crippen LogP contribution in [0, 0.1) is 0 Å². The molecule has 0 saturated heterocycles. The molecule has 0 aromatic rings.